The van der Waals surface area contributed by atoms with Gasteiger partial charge >= 0.3 is 6.03 Å². The number of amides is 3. The summed E-state index contributed by atoms with van der Waals surface area (Å²) in [6, 6.07) is 17.3. The van der Waals surface area contributed by atoms with E-state index in [0.29, 0.717) is 19.7 Å². The smallest absolute Gasteiger partial charge is 0.322 e. The molecule has 0 unspecified atom stereocenters. The first-order valence-corrected chi connectivity index (χ1v) is 13.0. The Bertz CT molecular complexity index is 1140. The van der Waals surface area contributed by atoms with Crippen molar-refractivity contribution in [1.29, 1.82) is 0 Å². The number of fused-ring (bicyclic) bond motifs is 1. The summed E-state index contributed by atoms with van der Waals surface area (Å²) in [7, 11) is 0. The number of benzene rings is 2. The van der Waals surface area contributed by atoms with E-state index < -0.39 is 0 Å². The van der Waals surface area contributed by atoms with Crippen molar-refractivity contribution in [1.82, 2.24) is 9.80 Å². The topological polar surface area (TPSA) is 61.9 Å². The summed E-state index contributed by atoms with van der Waals surface area (Å²) in [6.45, 7) is 7.59. The summed E-state index contributed by atoms with van der Waals surface area (Å²) in [6.07, 6.45) is 1.59. The molecule has 0 saturated heterocycles. The van der Waals surface area contributed by atoms with Gasteiger partial charge in [-0.15, -0.1) is 11.3 Å². The summed E-state index contributed by atoms with van der Waals surface area (Å²) in [5.74, 6) is 0.724. The molecule has 3 amide bonds. The summed E-state index contributed by atoms with van der Waals surface area (Å²) in [5.41, 5.74) is 4.17. The summed E-state index contributed by atoms with van der Waals surface area (Å²) in [5, 5.41) is 5.01. The molecule has 0 bridgehead atoms. The lowest BCUT2D eigenvalue weighted by Gasteiger charge is -2.37. The van der Waals surface area contributed by atoms with Gasteiger partial charge in [-0.05, 0) is 68.0 Å². The zero-order valence-electron chi connectivity index (χ0n) is 20.6. The molecular weight excluding hydrogens is 458 g/mol. The molecule has 1 aromatic heterocycles. The second-order valence-electron chi connectivity index (χ2n) is 8.99. The number of ether oxygens (including phenoxy) is 1. The van der Waals surface area contributed by atoms with Gasteiger partial charge in [0.05, 0.1) is 6.04 Å². The summed E-state index contributed by atoms with van der Waals surface area (Å²) < 4.78 is 6.11. The van der Waals surface area contributed by atoms with Crippen molar-refractivity contribution < 1.29 is 14.3 Å². The Morgan fingerprint density at radius 1 is 1.06 bits per heavy atom. The van der Waals surface area contributed by atoms with Crippen molar-refractivity contribution >= 4 is 29.0 Å². The van der Waals surface area contributed by atoms with E-state index >= 15 is 0 Å². The molecular formula is C28H33N3O3S. The fourth-order valence-corrected chi connectivity index (χ4v) is 5.23. The molecule has 4 rings (SSSR count). The normalized spacial score (nSPS) is 14.8. The van der Waals surface area contributed by atoms with Crippen LogP contribution in [0.25, 0.3) is 0 Å². The monoisotopic (exact) mass is 491 g/mol. The minimum absolute atomic E-state index is 0.0338. The zero-order valence-corrected chi connectivity index (χ0v) is 21.4. The molecule has 2 heterocycles. The number of hydrogen-bond acceptors (Lipinski definition) is 4. The van der Waals surface area contributed by atoms with E-state index in [0.717, 1.165) is 35.4 Å². The molecule has 1 aliphatic heterocycles. The number of hydrogen-bond donors (Lipinski definition) is 1. The second-order valence-corrected chi connectivity index (χ2v) is 9.99. The third-order valence-electron chi connectivity index (χ3n) is 6.25. The number of rotatable bonds is 8. The van der Waals surface area contributed by atoms with Crippen LogP contribution in [0.2, 0.25) is 0 Å². The fraction of sp³-hybridized carbons (Fsp3) is 0.357. The van der Waals surface area contributed by atoms with Crippen LogP contribution in [0.5, 0.6) is 5.75 Å². The molecule has 6 nitrogen and oxygen atoms in total. The maximum absolute atomic E-state index is 13.5. The molecule has 0 radical (unpaired) electrons. The van der Waals surface area contributed by atoms with E-state index in [4.69, 9.17) is 4.74 Å². The van der Waals surface area contributed by atoms with E-state index in [2.05, 4.69) is 16.8 Å². The maximum atomic E-state index is 13.5. The number of anilines is 1. The Labute approximate surface area is 211 Å². The van der Waals surface area contributed by atoms with Crippen LogP contribution in [-0.2, 0) is 11.2 Å². The Morgan fingerprint density at radius 2 is 1.74 bits per heavy atom. The van der Waals surface area contributed by atoms with Gasteiger partial charge in [0.1, 0.15) is 18.9 Å². The molecule has 0 saturated carbocycles. The first kappa shape index (κ1) is 24.8. The average molecular weight is 492 g/mol. The van der Waals surface area contributed by atoms with Gasteiger partial charge in [0.2, 0.25) is 5.91 Å². The van der Waals surface area contributed by atoms with E-state index in [1.165, 1.54) is 10.4 Å². The van der Waals surface area contributed by atoms with Gasteiger partial charge in [0.15, 0.2) is 0 Å². The summed E-state index contributed by atoms with van der Waals surface area (Å²) in [4.78, 5) is 31.3. The maximum Gasteiger partial charge on any atom is 0.322 e. The molecule has 35 heavy (non-hydrogen) atoms. The Hall–Kier alpha value is -3.32. The Balaban J connectivity index is 1.46. The second kappa shape index (κ2) is 11.4. The SMILES string of the molecule is CCCN(CC(=O)N1CCc2sccc2[C@H]1COc1ccc(C)cc1)C(=O)Nc1ccc(C)cc1. The number of carbonyl (C=O) groups is 2. The minimum Gasteiger partial charge on any atom is -0.491 e. The molecule has 1 atom stereocenters. The van der Waals surface area contributed by atoms with Gasteiger partial charge in [-0.1, -0.05) is 42.3 Å². The van der Waals surface area contributed by atoms with E-state index in [1.807, 2.05) is 74.2 Å². The van der Waals surface area contributed by atoms with Crippen molar-refractivity contribution in [3.8, 4) is 5.75 Å². The Kier molecular flexibility index (Phi) is 8.08. The third-order valence-corrected chi connectivity index (χ3v) is 7.25. The van der Waals surface area contributed by atoms with Crippen molar-refractivity contribution in [2.45, 2.75) is 39.7 Å². The van der Waals surface area contributed by atoms with Crippen LogP contribution in [0.3, 0.4) is 0 Å². The van der Waals surface area contributed by atoms with Crippen molar-refractivity contribution in [2.24, 2.45) is 0 Å². The van der Waals surface area contributed by atoms with Crippen LogP contribution < -0.4 is 10.1 Å². The fourth-order valence-electron chi connectivity index (χ4n) is 4.30. The summed E-state index contributed by atoms with van der Waals surface area (Å²) >= 11 is 1.73. The van der Waals surface area contributed by atoms with Gasteiger partial charge in [-0.2, -0.15) is 0 Å². The van der Waals surface area contributed by atoms with Gasteiger partial charge in [-0.25, -0.2) is 4.79 Å². The van der Waals surface area contributed by atoms with E-state index in [-0.39, 0.29) is 24.5 Å². The highest BCUT2D eigenvalue weighted by atomic mass is 32.1. The van der Waals surface area contributed by atoms with Crippen LogP contribution in [-0.4, -0.2) is 48.0 Å². The van der Waals surface area contributed by atoms with Crippen LogP contribution in [0, 0.1) is 13.8 Å². The Morgan fingerprint density at radius 3 is 2.43 bits per heavy atom. The largest absolute Gasteiger partial charge is 0.491 e. The molecule has 1 aliphatic rings. The van der Waals surface area contributed by atoms with Crippen molar-refractivity contribution in [2.75, 3.05) is 31.6 Å². The quantitative estimate of drug-likeness (QED) is 0.432. The first-order valence-electron chi connectivity index (χ1n) is 12.1. The predicted molar refractivity (Wildman–Crippen MR) is 141 cm³/mol. The standard InChI is InChI=1S/C28H33N3O3S/c1-4-15-30(28(33)29-22-9-5-20(2)6-10-22)18-27(32)31-16-13-26-24(14-17-35-26)25(31)19-34-23-11-7-21(3)8-12-23/h5-12,14,17,25H,4,13,15-16,18-19H2,1-3H3,(H,29,33)/t25-/m1/s1. The highest BCUT2D eigenvalue weighted by molar-refractivity contribution is 7.10. The molecule has 0 fully saturated rings. The third kappa shape index (κ3) is 6.22. The van der Waals surface area contributed by atoms with Gasteiger partial charge in [0.25, 0.3) is 0 Å². The molecule has 184 valence electrons. The lowest BCUT2D eigenvalue weighted by atomic mass is 10.0. The number of nitrogens with zero attached hydrogens (tertiary/aromatic N) is 2. The first-order chi connectivity index (χ1) is 16.9. The van der Waals surface area contributed by atoms with E-state index in [9.17, 15) is 9.59 Å². The number of aryl methyl sites for hydroxylation is 2. The molecule has 2 aromatic carbocycles. The number of urea groups is 1. The number of thiophene rings is 1. The van der Waals surface area contributed by atoms with Crippen molar-refractivity contribution in [3.05, 3.63) is 81.5 Å². The van der Waals surface area contributed by atoms with Crippen molar-refractivity contribution in [3.63, 3.8) is 0 Å². The number of carbonyl (C=O) groups excluding carboxylic acids is 2. The molecule has 7 heteroatoms. The van der Waals surface area contributed by atoms with Gasteiger partial charge in [-0.3, -0.25) is 4.79 Å². The minimum atomic E-state index is -0.259. The van der Waals surface area contributed by atoms with Crippen LogP contribution in [0.1, 0.15) is 41.0 Å². The lowest BCUT2D eigenvalue weighted by Crippen LogP contribution is -2.48. The highest BCUT2D eigenvalue weighted by Gasteiger charge is 2.33. The predicted octanol–water partition coefficient (Wildman–Crippen LogP) is 5.81. The van der Waals surface area contributed by atoms with Crippen LogP contribution in [0.4, 0.5) is 10.5 Å². The number of nitrogens with one attached hydrogen (secondary N) is 1. The molecule has 0 aliphatic carbocycles. The highest BCUT2D eigenvalue weighted by Crippen LogP contribution is 2.34. The zero-order chi connectivity index (χ0) is 24.8. The lowest BCUT2D eigenvalue weighted by molar-refractivity contribution is -0.135. The molecule has 0 spiro atoms. The average Bonchev–Trinajstić information content (AvgIpc) is 3.34. The molecule has 3 aromatic rings. The van der Waals surface area contributed by atoms with E-state index in [1.54, 1.807) is 16.2 Å². The van der Waals surface area contributed by atoms with Crippen LogP contribution in [0.15, 0.2) is 60.0 Å². The van der Waals surface area contributed by atoms with Gasteiger partial charge < -0.3 is 19.9 Å². The van der Waals surface area contributed by atoms with Gasteiger partial charge in [0, 0.05) is 23.7 Å². The van der Waals surface area contributed by atoms with Crippen LogP contribution >= 0.6 is 11.3 Å². The molecule has 1 N–H and O–H groups in total.